The molecule has 3 heterocycles. The van der Waals surface area contributed by atoms with Crippen LogP contribution in [0.3, 0.4) is 0 Å². The van der Waals surface area contributed by atoms with Crippen molar-refractivity contribution in [2.24, 2.45) is 7.05 Å². The molecule has 1 aromatic heterocycles. The number of unbranched alkanes of at least 4 members (excludes halogenated alkanes) is 1. The number of piperazine rings is 1. The highest BCUT2D eigenvalue weighted by Gasteiger charge is 2.24. The molecule has 31 heavy (non-hydrogen) atoms. The molecule has 2 aliphatic rings. The summed E-state index contributed by atoms with van der Waals surface area (Å²) >= 11 is 3.80. The smallest absolute Gasteiger partial charge is 0.157 e. The van der Waals surface area contributed by atoms with Crippen molar-refractivity contribution in [3.63, 3.8) is 0 Å². The summed E-state index contributed by atoms with van der Waals surface area (Å²) in [4.78, 5) is 4.94. The molecule has 0 aromatic carbocycles. The van der Waals surface area contributed by atoms with Crippen molar-refractivity contribution in [2.45, 2.75) is 64.3 Å². The highest BCUT2D eigenvalue weighted by molar-refractivity contribution is 9.10. The first-order valence-electron chi connectivity index (χ1n) is 12.1. The van der Waals surface area contributed by atoms with Gasteiger partial charge in [-0.15, -0.1) is 0 Å². The summed E-state index contributed by atoms with van der Waals surface area (Å²) in [5, 5.41) is 4.81. The number of ether oxygens (including phenoxy) is 3. The van der Waals surface area contributed by atoms with E-state index in [-0.39, 0.29) is 12.4 Å². The van der Waals surface area contributed by atoms with Gasteiger partial charge in [0.2, 0.25) is 0 Å². The van der Waals surface area contributed by atoms with Crippen LogP contribution in [0.1, 0.15) is 62.9 Å². The minimum Gasteiger partial charge on any atom is -0.372 e. The van der Waals surface area contributed by atoms with Crippen LogP contribution in [-0.4, -0.2) is 85.5 Å². The Morgan fingerprint density at radius 2 is 1.90 bits per heavy atom. The number of nitrogens with zero attached hydrogens (tertiary/aromatic N) is 4. The van der Waals surface area contributed by atoms with E-state index >= 15 is 0 Å². The molecule has 0 N–H and O–H groups in total. The summed E-state index contributed by atoms with van der Waals surface area (Å²) in [6.07, 6.45) is 7.32. The third kappa shape index (κ3) is 7.79. The lowest BCUT2D eigenvalue weighted by Gasteiger charge is -2.33. The molecule has 2 atom stereocenters. The first-order valence-corrected chi connectivity index (χ1v) is 12.8. The standard InChI is InChI=1S/C23H41BrN4O3/c1-4-19-22(24)23(25-27(19)3)20(10-11-28-14-12-26(2)13-15-28)29-16-7-8-18-31-21-9-5-6-17-30-21/h20-21H,4-18H2,1-3H3. The van der Waals surface area contributed by atoms with Crippen molar-refractivity contribution >= 4 is 15.9 Å². The third-order valence-corrected chi connectivity index (χ3v) is 7.23. The molecule has 7 nitrogen and oxygen atoms in total. The normalized spacial score (nSPS) is 22.1. The Kier molecular flexibility index (Phi) is 10.7. The summed E-state index contributed by atoms with van der Waals surface area (Å²) in [7, 11) is 4.22. The monoisotopic (exact) mass is 500 g/mol. The van der Waals surface area contributed by atoms with Gasteiger partial charge in [0.15, 0.2) is 6.29 Å². The van der Waals surface area contributed by atoms with Gasteiger partial charge in [-0.05, 0) is 67.9 Å². The highest BCUT2D eigenvalue weighted by Crippen LogP contribution is 2.31. The van der Waals surface area contributed by atoms with Crippen molar-refractivity contribution in [1.29, 1.82) is 0 Å². The van der Waals surface area contributed by atoms with Gasteiger partial charge in [-0.1, -0.05) is 6.92 Å². The second kappa shape index (κ2) is 13.3. The van der Waals surface area contributed by atoms with Crippen LogP contribution in [0.15, 0.2) is 4.47 Å². The van der Waals surface area contributed by atoms with E-state index in [2.05, 4.69) is 39.7 Å². The van der Waals surface area contributed by atoms with E-state index in [0.717, 1.165) is 101 Å². The molecule has 0 saturated carbocycles. The predicted molar refractivity (Wildman–Crippen MR) is 126 cm³/mol. The van der Waals surface area contributed by atoms with Crippen LogP contribution in [0.25, 0.3) is 0 Å². The van der Waals surface area contributed by atoms with Crippen molar-refractivity contribution in [1.82, 2.24) is 19.6 Å². The molecule has 8 heteroatoms. The van der Waals surface area contributed by atoms with E-state index < -0.39 is 0 Å². The SMILES string of the molecule is CCc1c(Br)c(C(CCN2CCN(C)CC2)OCCCCOC2CCCCO2)nn1C. The molecule has 2 saturated heterocycles. The summed E-state index contributed by atoms with van der Waals surface area (Å²) in [5.74, 6) is 0. The molecular formula is C23H41BrN4O3. The van der Waals surface area contributed by atoms with E-state index in [1.807, 2.05) is 11.7 Å². The zero-order valence-corrected chi connectivity index (χ0v) is 21.2. The molecular weight excluding hydrogens is 460 g/mol. The lowest BCUT2D eigenvalue weighted by atomic mass is 10.1. The fourth-order valence-electron chi connectivity index (χ4n) is 4.30. The average Bonchev–Trinajstić information content (AvgIpc) is 3.07. The molecule has 2 unspecified atom stereocenters. The Morgan fingerprint density at radius 3 is 2.58 bits per heavy atom. The first kappa shape index (κ1) is 25.1. The fraction of sp³-hybridized carbons (Fsp3) is 0.870. The Hall–Kier alpha value is -0.510. The van der Waals surface area contributed by atoms with E-state index in [1.165, 1.54) is 12.1 Å². The van der Waals surface area contributed by atoms with E-state index in [4.69, 9.17) is 19.3 Å². The molecule has 2 fully saturated rings. The second-order valence-corrected chi connectivity index (χ2v) is 9.58. The number of rotatable bonds is 12. The minimum atomic E-state index is 0.00273. The van der Waals surface area contributed by atoms with Gasteiger partial charge in [0.25, 0.3) is 0 Å². The number of likely N-dealkylation sites (N-methyl/N-ethyl adjacent to an activating group) is 1. The topological polar surface area (TPSA) is 52.0 Å². The van der Waals surface area contributed by atoms with Gasteiger partial charge < -0.3 is 24.0 Å². The largest absolute Gasteiger partial charge is 0.372 e. The second-order valence-electron chi connectivity index (χ2n) is 8.79. The van der Waals surface area contributed by atoms with Crippen LogP contribution in [0.4, 0.5) is 0 Å². The maximum Gasteiger partial charge on any atom is 0.157 e. The zero-order chi connectivity index (χ0) is 22.1. The third-order valence-electron chi connectivity index (χ3n) is 6.37. The van der Waals surface area contributed by atoms with E-state index in [0.29, 0.717) is 0 Å². The number of hydrogen-bond donors (Lipinski definition) is 0. The van der Waals surface area contributed by atoms with Crippen LogP contribution in [0.2, 0.25) is 0 Å². The molecule has 0 bridgehead atoms. The van der Waals surface area contributed by atoms with Gasteiger partial charge >= 0.3 is 0 Å². The maximum absolute atomic E-state index is 6.40. The summed E-state index contributed by atoms with van der Waals surface area (Å²) in [6, 6.07) is 0. The van der Waals surface area contributed by atoms with Gasteiger partial charge in [-0.25, -0.2) is 0 Å². The number of halogens is 1. The van der Waals surface area contributed by atoms with Gasteiger partial charge in [0, 0.05) is 59.6 Å². The van der Waals surface area contributed by atoms with Gasteiger partial charge in [-0.2, -0.15) is 5.10 Å². The molecule has 0 amide bonds. The molecule has 178 valence electrons. The molecule has 0 aliphatic carbocycles. The average molecular weight is 502 g/mol. The van der Waals surface area contributed by atoms with Gasteiger partial charge in [0.1, 0.15) is 11.8 Å². The van der Waals surface area contributed by atoms with E-state index in [1.54, 1.807) is 0 Å². The molecule has 0 radical (unpaired) electrons. The molecule has 3 rings (SSSR count). The predicted octanol–water partition coefficient (Wildman–Crippen LogP) is 3.76. The minimum absolute atomic E-state index is 0.00273. The van der Waals surface area contributed by atoms with Crippen molar-refractivity contribution in [2.75, 3.05) is 59.6 Å². The maximum atomic E-state index is 6.40. The van der Waals surface area contributed by atoms with Crippen LogP contribution in [0.5, 0.6) is 0 Å². The lowest BCUT2D eigenvalue weighted by molar-refractivity contribution is -0.163. The highest BCUT2D eigenvalue weighted by atomic mass is 79.9. The van der Waals surface area contributed by atoms with Gasteiger partial charge in [0.05, 0.1) is 10.2 Å². The molecule has 2 aliphatic heterocycles. The Balaban J connectivity index is 1.47. The van der Waals surface area contributed by atoms with Crippen molar-refractivity contribution < 1.29 is 14.2 Å². The Labute approximate surface area is 196 Å². The zero-order valence-electron chi connectivity index (χ0n) is 19.7. The Bertz CT molecular complexity index is 643. The Morgan fingerprint density at radius 1 is 1.13 bits per heavy atom. The van der Waals surface area contributed by atoms with Crippen LogP contribution in [-0.2, 0) is 27.7 Å². The summed E-state index contributed by atoms with van der Waals surface area (Å²) in [5.41, 5.74) is 2.27. The quantitative estimate of drug-likeness (QED) is 0.407. The first-order chi connectivity index (χ1) is 15.1. The lowest BCUT2D eigenvalue weighted by Crippen LogP contribution is -2.44. The molecule has 0 spiro atoms. The van der Waals surface area contributed by atoms with Crippen LogP contribution in [0, 0.1) is 0 Å². The van der Waals surface area contributed by atoms with Crippen LogP contribution >= 0.6 is 15.9 Å². The summed E-state index contributed by atoms with van der Waals surface area (Å²) in [6.45, 7) is 10.1. The van der Waals surface area contributed by atoms with Crippen molar-refractivity contribution in [3.8, 4) is 0 Å². The van der Waals surface area contributed by atoms with Crippen molar-refractivity contribution in [3.05, 3.63) is 15.9 Å². The van der Waals surface area contributed by atoms with Crippen LogP contribution < -0.4 is 0 Å². The molecule has 1 aromatic rings. The number of hydrogen-bond acceptors (Lipinski definition) is 6. The fourth-order valence-corrected chi connectivity index (χ4v) is 5.17. The van der Waals surface area contributed by atoms with Gasteiger partial charge in [-0.3, -0.25) is 4.68 Å². The summed E-state index contributed by atoms with van der Waals surface area (Å²) < 4.78 is 21.0. The number of aromatic nitrogens is 2. The number of aryl methyl sites for hydroxylation is 1. The van der Waals surface area contributed by atoms with E-state index in [9.17, 15) is 0 Å².